The molecule has 3 N–H and O–H groups in total. The van der Waals surface area contributed by atoms with E-state index in [4.69, 9.17) is 26.8 Å². The SMILES string of the molecule is Nc1cc(Cl)cc2[nH]c(-c3cccc4c3OCCO4)nc12. The van der Waals surface area contributed by atoms with Crippen molar-refractivity contribution >= 4 is 28.3 Å². The van der Waals surface area contributed by atoms with E-state index in [0.29, 0.717) is 41.0 Å². The Labute approximate surface area is 125 Å². The van der Waals surface area contributed by atoms with Crippen LogP contribution in [0.1, 0.15) is 0 Å². The summed E-state index contributed by atoms with van der Waals surface area (Å²) in [6, 6.07) is 9.21. The zero-order chi connectivity index (χ0) is 14.4. The van der Waals surface area contributed by atoms with Crippen LogP contribution in [0.15, 0.2) is 30.3 Å². The van der Waals surface area contributed by atoms with Crippen molar-refractivity contribution in [1.29, 1.82) is 0 Å². The van der Waals surface area contributed by atoms with Gasteiger partial charge in [-0.1, -0.05) is 17.7 Å². The number of nitrogen functional groups attached to an aromatic ring is 1. The van der Waals surface area contributed by atoms with Crippen molar-refractivity contribution in [3.63, 3.8) is 0 Å². The highest BCUT2D eigenvalue weighted by atomic mass is 35.5. The van der Waals surface area contributed by atoms with Crippen LogP contribution in [-0.2, 0) is 0 Å². The maximum absolute atomic E-state index is 6.02. The molecule has 4 rings (SSSR count). The number of H-pyrrole nitrogens is 1. The van der Waals surface area contributed by atoms with E-state index in [0.717, 1.165) is 16.8 Å². The van der Waals surface area contributed by atoms with Gasteiger partial charge in [-0.15, -0.1) is 0 Å². The van der Waals surface area contributed by atoms with Crippen molar-refractivity contribution in [3.8, 4) is 22.9 Å². The predicted octanol–water partition coefficient (Wildman–Crippen LogP) is 3.24. The molecule has 0 saturated heterocycles. The summed E-state index contributed by atoms with van der Waals surface area (Å²) in [4.78, 5) is 7.79. The number of aromatic amines is 1. The maximum Gasteiger partial charge on any atom is 0.172 e. The summed E-state index contributed by atoms with van der Waals surface area (Å²) >= 11 is 6.02. The molecule has 0 radical (unpaired) electrons. The van der Waals surface area contributed by atoms with Crippen LogP contribution in [0, 0.1) is 0 Å². The molecular formula is C15H12ClN3O2. The number of halogens is 1. The zero-order valence-electron chi connectivity index (χ0n) is 11.0. The molecule has 2 heterocycles. The first kappa shape index (κ1) is 12.3. The Morgan fingerprint density at radius 1 is 1.19 bits per heavy atom. The molecular weight excluding hydrogens is 290 g/mol. The summed E-state index contributed by atoms with van der Waals surface area (Å²) in [7, 11) is 0. The van der Waals surface area contributed by atoms with Crippen molar-refractivity contribution in [2.45, 2.75) is 0 Å². The molecule has 1 aromatic heterocycles. The van der Waals surface area contributed by atoms with Crippen LogP contribution in [0.3, 0.4) is 0 Å². The molecule has 0 spiro atoms. The van der Waals surface area contributed by atoms with Gasteiger partial charge in [-0.05, 0) is 24.3 Å². The first-order valence-electron chi connectivity index (χ1n) is 6.56. The van der Waals surface area contributed by atoms with Crippen LogP contribution in [0.25, 0.3) is 22.4 Å². The molecule has 21 heavy (non-hydrogen) atoms. The number of nitrogens with one attached hydrogen (secondary N) is 1. The fourth-order valence-corrected chi connectivity index (χ4v) is 2.72. The number of hydrogen-bond acceptors (Lipinski definition) is 4. The van der Waals surface area contributed by atoms with Gasteiger partial charge in [0.2, 0.25) is 0 Å². The van der Waals surface area contributed by atoms with Gasteiger partial charge in [-0.3, -0.25) is 0 Å². The smallest absolute Gasteiger partial charge is 0.172 e. The molecule has 0 bridgehead atoms. The number of imidazole rings is 1. The maximum atomic E-state index is 6.02. The lowest BCUT2D eigenvalue weighted by Gasteiger charge is -2.20. The van der Waals surface area contributed by atoms with E-state index >= 15 is 0 Å². The summed E-state index contributed by atoms with van der Waals surface area (Å²) in [6.07, 6.45) is 0. The third-order valence-corrected chi connectivity index (χ3v) is 3.62. The number of anilines is 1. The summed E-state index contributed by atoms with van der Waals surface area (Å²) in [5, 5.41) is 0.574. The lowest BCUT2D eigenvalue weighted by molar-refractivity contribution is 0.172. The Morgan fingerprint density at radius 3 is 2.95 bits per heavy atom. The van der Waals surface area contributed by atoms with E-state index in [-0.39, 0.29) is 0 Å². The number of nitrogens with zero attached hydrogens (tertiary/aromatic N) is 1. The standard InChI is InChI=1S/C15H12ClN3O2/c16-8-6-10(17)13-11(7-8)18-15(19-13)9-2-1-3-12-14(9)21-5-4-20-12/h1-3,6-7H,4-5,17H2,(H,18,19). The molecule has 1 aliphatic rings. The second-order valence-electron chi connectivity index (χ2n) is 4.81. The molecule has 0 saturated carbocycles. The molecule has 0 amide bonds. The Balaban J connectivity index is 1.93. The molecule has 106 valence electrons. The molecule has 0 unspecified atom stereocenters. The molecule has 1 aliphatic heterocycles. The van der Waals surface area contributed by atoms with Crippen LogP contribution in [0.4, 0.5) is 5.69 Å². The minimum absolute atomic E-state index is 0.526. The zero-order valence-corrected chi connectivity index (χ0v) is 11.8. The number of fused-ring (bicyclic) bond motifs is 2. The number of ether oxygens (including phenoxy) is 2. The lowest BCUT2D eigenvalue weighted by atomic mass is 10.1. The van der Waals surface area contributed by atoms with Crippen LogP contribution in [0.5, 0.6) is 11.5 Å². The van der Waals surface area contributed by atoms with Crippen molar-refractivity contribution in [1.82, 2.24) is 9.97 Å². The number of aromatic nitrogens is 2. The number of benzene rings is 2. The first-order chi connectivity index (χ1) is 10.2. The predicted molar refractivity (Wildman–Crippen MR) is 81.9 cm³/mol. The van der Waals surface area contributed by atoms with Gasteiger partial charge in [0.05, 0.1) is 16.8 Å². The number of para-hydroxylation sites is 1. The average Bonchev–Trinajstić information content (AvgIpc) is 2.90. The first-order valence-corrected chi connectivity index (χ1v) is 6.94. The summed E-state index contributed by atoms with van der Waals surface area (Å²) in [5.41, 5.74) is 8.85. The number of nitrogens with two attached hydrogens (primary N) is 1. The van der Waals surface area contributed by atoms with Crippen LogP contribution in [-0.4, -0.2) is 23.2 Å². The highest BCUT2D eigenvalue weighted by molar-refractivity contribution is 6.31. The van der Waals surface area contributed by atoms with Gasteiger partial charge in [-0.2, -0.15) is 0 Å². The number of rotatable bonds is 1. The Morgan fingerprint density at radius 2 is 2.05 bits per heavy atom. The van der Waals surface area contributed by atoms with Gasteiger partial charge >= 0.3 is 0 Å². The van der Waals surface area contributed by atoms with Gasteiger partial charge in [0.1, 0.15) is 24.6 Å². The molecule has 3 aromatic rings. The van der Waals surface area contributed by atoms with E-state index in [1.54, 1.807) is 12.1 Å². The summed E-state index contributed by atoms with van der Waals surface area (Å²) in [6.45, 7) is 1.08. The van der Waals surface area contributed by atoms with Crippen LogP contribution in [0.2, 0.25) is 5.02 Å². The second kappa shape index (κ2) is 4.56. The summed E-state index contributed by atoms with van der Waals surface area (Å²) < 4.78 is 11.3. The Hall–Kier alpha value is -2.40. The van der Waals surface area contributed by atoms with Crippen molar-refractivity contribution in [2.75, 3.05) is 18.9 Å². The minimum Gasteiger partial charge on any atom is -0.486 e. The van der Waals surface area contributed by atoms with Gasteiger partial charge < -0.3 is 20.2 Å². The minimum atomic E-state index is 0.526. The monoisotopic (exact) mass is 301 g/mol. The quantitative estimate of drug-likeness (QED) is 0.677. The Kier molecular flexibility index (Phi) is 2.68. The third kappa shape index (κ3) is 1.97. The topological polar surface area (TPSA) is 73.2 Å². The van der Waals surface area contributed by atoms with E-state index in [1.807, 2.05) is 18.2 Å². The highest BCUT2D eigenvalue weighted by Crippen LogP contribution is 2.39. The fraction of sp³-hybridized carbons (Fsp3) is 0.133. The molecule has 6 heteroatoms. The lowest BCUT2D eigenvalue weighted by Crippen LogP contribution is -2.15. The normalized spacial score (nSPS) is 13.6. The largest absolute Gasteiger partial charge is 0.486 e. The molecule has 5 nitrogen and oxygen atoms in total. The van der Waals surface area contributed by atoms with Crippen molar-refractivity contribution < 1.29 is 9.47 Å². The van der Waals surface area contributed by atoms with Gasteiger partial charge in [0.25, 0.3) is 0 Å². The second-order valence-corrected chi connectivity index (χ2v) is 5.24. The van der Waals surface area contributed by atoms with E-state index < -0.39 is 0 Å². The Bertz CT molecular complexity index is 844. The van der Waals surface area contributed by atoms with Gasteiger partial charge in [-0.25, -0.2) is 4.98 Å². The van der Waals surface area contributed by atoms with E-state index in [2.05, 4.69) is 9.97 Å². The molecule has 0 atom stereocenters. The molecule has 0 aliphatic carbocycles. The third-order valence-electron chi connectivity index (χ3n) is 3.40. The van der Waals surface area contributed by atoms with Gasteiger partial charge in [0.15, 0.2) is 11.5 Å². The average molecular weight is 302 g/mol. The van der Waals surface area contributed by atoms with Crippen LogP contribution < -0.4 is 15.2 Å². The van der Waals surface area contributed by atoms with Crippen molar-refractivity contribution in [2.24, 2.45) is 0 Å². The highest BCUT2D eigenvalue weighted by Gasteiger charge is 2.19. The fourth-order valence-electron chi connectivity index (χ4n) is 2.50. The van der Waals surface area contributed by atoms with Crippen molar-refractivity contribution in [3.05, 3.63) is 35.4 Å². The summed E-state index contributed by atoms with van der Waals surface area (Å²) in [5.74, 6) is 2.11. The number of hydrogen-bond donors (Lipinski definition) is 2. The molecule has 2 aromatic carbocycles. The van der Waals surface area contributed by atoms with Crippen LogP contribution >= 0.6 is 11.6 Å². The molecule has 0 fully saturated rings. The van der Waals surface area contributed by atoms with E-state index in [9.17, 15) is 0 Å². The van der Waals surface area contributed by atoms with E-state index in [1.165, 1.54) is 0 Å². The van der Waals surface area contributed by atoms with Gasteiger partial charge in [0, 0.05) is 5.02 Å².